The second-order valence-electron chi connectivity index (χ2n) is 11.6. The highest BCUT2D eigenvalue weighted by Crippen LogP contribution is 2.06. The molecule has 0 bridgehead atoms. The first-order valence-electron chi connectivity index (χ1n) is 20.9. The Balaban J connectivity index is -0.000000221. The first kappa shape index (κ1) is 65.6. The molecule has 0 aliphatic rings. The van der Waals surface area contributed by atoms with E-state index in [9.17, 15) is 19.2 Å². The van der Waals surface area contributed by atoms with Gasteiger partial charge in [-0.3, -0.25) is 0 Å². The van der Waals surface area contributed by atoms with Crippen LogP contribution in [0.5, 0.6) is 0 Å². The van der Waals surface area contributed by atoms with Crippen molar-refractivity contribution in [1.29, 1.82) is 0 Å². The van der Waals surface area contributed by atoms with E-state index in [1.807, 2.05) is 13.8 Å². The number of methoxy groups -OCH3 is 2. The van der Waals surface area contributed by atoms with Gasteiger partial charge in [0, 0.05) is 51.7 Å². The maximum Gasteiger partial charge on any atom is 0.330 e. The van der Waals surface area contributed by atoms with Gasteiger partial charge in [-0.05, 0) is 25.7 Å². The molecule has 0 fully saturated rings. The summed E-state index contributed by atoms with van der Waals surface area (Å²) in [7, 11) is 3.35. The van der Waals surface area contributed by atoms with Gasteiger partial charge in [-0.2, -0.15) is 0 Å². The molecule has 354 valence electrons. The molecule has 2 N–H and O–H groups in total. The highest BCUT2D eigenvalue weighted by Gasteiger charge is 1.98. The van der Waals surface area contributed by atoms with Gasteiger partial charge in [-0.1, -0.05) is 91.5 Å². The van der Waals surface area contributed by atoms with Crippen LogP contribution in [0.25, 0.3) is 0 Å². The Labute approximate surface area is 361 Å². The molecule has 0 saturated heterocycles. The monoisotopic (exact) mass is 867 g/mol. The molecule has 0 aliphatic heterocycles. The Hall–Kier alpha value is -3.48. The molecule has 0 rings (SSSR count). The molecule has 0 aromatic carbocycles. The van der Waals surface area contributed by atoms with E-state index >= 15 is 0 Å². The van der Waals surface area contributed by atoms with Crippen LogP contribution in [0.15, 0.2) is 50.6 Å². The lowest BCUT2D eigenvalue weighted by Gasteiger charge is -2.05. The second kappa shape index (κ2) is 64.7. The van der Waals surface area contributed by atoms with Crippen LogP contribution in [0.1, 0.15) is 90.9 Å². The first-order valence-corrected chi connectivity index (χ1v) is 20.9. The summed E-state index contributed by atoms with van der Waals surface area (Å²) in [5.74, 6) is -1.56. The minimum Gasteiger partial charge on any atom is -0.463 e. The van der Waals surface area contributed by atoms with Crippen molar-refractivity contribution in [2.24, 2.45) is 0 Å². The molecule has 16 heteroatoms. The summed E-state index contributed by atoms with van der Waals surface area (Å²) in [6, 6.07) is 0. The summed E-state index contributed by atoms with van der Waals surface area (Å²) >= 11 is 0. The minimum atomic E-state index is -0.454. The molecule has 0 amide bonds. The summed E-state index contributed by atoms with van der Waals surface area (Å²) in [5.41, 5.74) is 0. The van der Waals surface area contributed by atoms with Crippen LogP contribution in [0.2, 0.25) is 0 Å². The van der Waals surface area contributed by atoms with E-state index in [-0.39, 0.29) is 38.4 Å². The van der Waals surface area contributed by atoms with Crippen LogP contribution >= 0.6 is 0 Å². The number of carbonyl (C=O) groups excluding carboxylic acids is 4. The lowest BCUT2D eigenvalue weighted by molar-refractivity contribution is -0.140. The van der Waals surface area contributed by atoms with Gasteiger partial charge >= 0.3 is 23.9 Å². The Morgan fingerprint density at radius 2 is 0.617 bits per heavy atom. The molecule has 60 heavy (non-hydrogen) atoms. The standard InChI is InChI=1S/C12H22O3.C11H20O3.C10H18O5.C9H16O5.C2H6/c1-3-12(13)15-11-9-7-5-4-6-8-10-14-2;1-2-11(13)14-10-8-6-4-3-5-7-9-12;1-3-10(11)15-9-8-14-7-6-13-5-4-12-2;1-2-9(11)14-8-7-13-6-5-12-4-3-10;1-2/h3H,1,4-11H2,2H3;2,12H,1,3-10H2;3H,1,4-9H2,2H3;2,10H,1,3-8H2;1-2H3. The quantitative estimate of drug-likeness (QED) is 0.0321. The molecule has 0 heterocycles. The van der Waals surface area contributed by atoms with Crippen molar-refractivity contribution in [3.63, 3.8) is 0 Å². The van der Waals surface area contributed by atoms with E-state index < -0.39 is 11.9 Å². The average molecular weight is 867 g/mol. The first-order chi connectivity index (χ1) is 29.2. The van der Waals surface area contributed by atoms with Crippen molar-refractivity contribution in [2.45, 2.75) is 90.9 Å². The molecule has 0 aromatic heterocycles. The maximum atomic E-state index is 10.7. The van der Waals surface area contributed by atoms with Gasteiger partial charge in [0.15, 0.2) is 0 Å². The Morgan fingerprint density at radius 1 is 0.350 bits per heavy atom. The van der Waals surface area contributed by atoms with Crippen LogP contribution in [-0.4, -0.2) is 154 Å². The highest BCUT2D eigenvalue weighted by atomic mass is 16.6. The smallest absolute Gasteiger partial charge is 0.330 e. The van der Waals surface area contributed by atoms with Crippen LogP contribution in [0.4, 0.5) is 0 Å². The summed E-state index contributed by atoms with van der Waals surface area (Å²) < 4.78 is 49.1. The summed E-state index contributed by atoms with van der Waals surface area (Å²) in [4.78, 5) is 42.4. The molecule has 0 saturated carbocycles. The fourth-order valence-corrected chi connectivity index (χ4v) is 3.81. The fourth-order valence-electron chi connectivity index (χ4n) is 3.81. The fraction of sp³-hybridized carbons (Fsp3) is 0.727. The second-order valence-corrected chi connectivity index (χ2v) is 11.6. The number of esters is 4. The summed E-state index contributed by atoms with van der Waals surface area (Å²) in [6.45, 7) is 23.8. The molecule has 0 unspecified atom stereocenters. The van der Waals surface area contributed by atoms with E-state index in [1.165, 1.54) is 31.4 Å². The molecule has 0 aromatic rings. The molecule has 0 spiro atoms. The van der Waals surface area contributed by atoms with Crippen molar-refractivity contribution in [2.75, 3.05) is 120 Å². The van der Waals surface area contributed by atoms with E-state index in [4.69, 9.17) is 52.8 Å². The minimum absolute atomic E-state index is 0.0109. The molecule has 0 radical (unpaired) electrons. The number of unbranched alkanes of at least 4 members (excludes halogenated alkanes) is 10. The average Bonchev–Trinajstić information content (AvgIpc) is 3.27. The normalized spacial score (nSPS) is 9.63. The van der Waals surface area contributed by atoms with Crippen LogP contribution < -0.4 is 0 Å². The van der Waals surface area contributed by atoms with Crippen LogP contribution in [-0.2, 0) is 66.5 Å². The molecule has 0 atom stereocenters. The topological polar surface area (TPSA) is 201 Å². The van der Waals surface area contributed by atoms with Crippen LogP contribution in [0.3, 0.4) is 0 Å². The predicted molar refractivity (Wildman–Crippen MR) is 233 cm³/mol. The van der Waals surface area contributed by atoms with Gasteiger partial charge in [0.2, 0.25) is 0 Å². The van der Waals surface area contributed by atoms with Crippen molar-refractivity contribution in [3.05, 3.63) is 50.6 Å². The van der Waals surface area contributed by atoms with Crippen molar-refractivity contribution >= 4 is 23.9 Å². The number of rotatable bonds is 38. The highest BCUT2D eigenvalue weighted by molar-refractivity contribution is 5.82. The van der Waals surface area contributed by atoms with Gasteiger partial charge in [-0.25, -0.2) is 19.2 Å². The Kier molecular flexibility index (Phi) is 70.7. The van der Waals surface area contributed by atoms with Crippen molar-refractivity contribution in [3.8, 4) is 0 Å². The zero-order chi connectivity index (χ0) is 46.0. The van der Waals surface area contributed by atoms with E-state index in [2.05, 4.69) is 31.1 Å². The Morgan fingerprint density at radius 3 is 0.933 bits per heavy atom. The van der Waals surface area contributed by atoms with Crippen molar-refractivity contribution < 1.29 is 76.8 Å². The van der Waals surface area contributed by atoms with Gasteiger partial charge in [0.1, 0.15) is 13.2 Å². The Bertz CT molecular complexity index is 871. The number of hydrogen-bond acceptors (Lipinski definition) is 16. The van der Waals surface area contributed by atoms with Gasteiger partial charge in [0.05, 0.1) is 79.3 Å². The van der Waals surface area contributed by atoms with E-state index in [0.29, 0.717) is 72.7 Å². The number of carbonyl (C=O) groups is 4. The number of aliphatic hydroxyl groups excluding tert-OH is 2. The number of ether oxygens (including phenoxy) is 10. The van der Waals surface area contributed by atoms with E-state index in [1.54, 1.807) is 14.2 Å². The maximum absolute atomic E-state index is 10.7. The third kappa shape index (κ3) is 72.2. The zero-order valence-electron chi connectivity index (χ0n) is 37.5. The number of hydrogen-bond donors (Lipinski definition) is 2. The van der Waals surface area contributed by atoms with Crippen molar-refractivity contribution in [1.82, 2.24) is 0 Å². The van der Waals surface area contributed by atoms with Crippen LogP contribution in [0, 0.1) is 0 Å². The molecule has 16 nitrogen and oxygen atoms in total. The van der Waals surface area contributed by atoms with Gasteiger partial charge < -0.3 is 57.6 Å². The largest absolute Gasteiger partial charge is 0.463 e. The lowest BCUT2D eigenvalue weighted by Crippen LogP contribution is -2.12. The SMILES string of the molecule is C=CC(=O)OCCCCCCCCO.C=CC(=O)OCCCCCCCCOC.C=CC(=O)OCCOCCOCCO.C=CC(=O)OCCOCCOCCOC.CC. The van der Waals surface area contributed by atoms with E-state index in [0.717, 1.165) is 76.5 Å². The summed E-state index contributed by atoms with van der Waals surface area (Å²) in [5, 5.41) is 16.9. The third-order valence-electron chi connectivity index (χ3n) is 6.81. The van der Waals surface area contributed by atoms with Gasteiger partial charge in [-0.15, -0.1) is 0 Å². The third-order valence-corrected chi connectivity index (χ3v) is 6.81. The number of aliphatic hydroxyl groups is 2. The molecular formula is C44H82O16. The predicted octanol–water partition coefficient (Wildman–Crippen LogP) is 5.91. The summed E-state index contributed by atoms with van der Waals surface area (Å²) in [6.07, 6.45) is 17.7. The molecular weight excluding hydrogens is 784 g/mol. The lowest BCUT2D eigenvalue weighted by atomic mass is 10.1. The zero-order valence-corrected chi connectivity index (χ0v) is 37.5. The molecule has 0 aliphatic carbocycles. The van der Waals surface area contributed by atoms with Gasteiger partial charge in [0.25, 0.3) is 0 Å².